The highest BCUT2D eigenvalue weighted by molar-refractivity contribution is 5.70. The van der Waals surface area contributed by atoms with Crippen molar-refractivity contribution < 1.29 is 19.4 Å². The van der Waals surface area contributed by atoms with Gasteiger partial charge in [0.1, 0.15) is 0 Å². The molecule has 8 nitrogen and oxygen atoms in total. The highest BCUT2D eigenvalue weighted by Gasteiger charge is 2.22. The van der Waals surface area contributed by atoms with Crippen molar-refractivity contribution in [3.63, 3.8) is 0 Å². The van der Waals surface area contributed by atoms with Crippen molar-refractivity contribution in [2.75, 3.05) is 13.7 Å². The van der Waals surface area contributed by atoms with Crippen LogP contribution in [0, 0.1) is 20.2 Å². The number of carbonyl (C=O) groups excluding carboxylic acids is 1. The van der Waals surface area contributed by atoms with E-state index in [4.69, 9.17) is 0 Å². The lowest BCUT2D eigenvalue weighted by molar-refractivity contribution is -0.483. The first-order chi connectivity index (χ1) is 8.93. The van der Waals surface area contributed by atoms with E-state index >= 15 is 0 Å². The zero-order valence-electron chi connectivity index (χ0n) is 10.1. The Balaban J connectivity index is 2.92. The van der Waals surface area contributed by atoms with Gasteiger partial charge in [-0.1, -0.05) is 12.1 Å². The number of rotatable bonds is 6. The molecule has 0 aliphatic heterocycles. The van der Waals surface area contributed by atoms with E-state index in [1.165, 1.54) is 31.4 Å². The molecule has 1 aromatic carbocycles. The standard InChI is InChI=1S/C11H12N2O6/c1-19-11(14)6-9(7-12(15)16)8-2-4-10(5-3-8)13(17)18/h2-5,9H,6-7H2,1H3/t9-/m1/s1. The zero-order valence-corrected chi connectivity index (χ0v) is 10.1. The Morgan fingerprint density at radius 3 is 2.26 bits per heavy atom. The molecule has 0 radical (unpaired) electrons. The molecule has 0 saturated carbocycles. The van der Waals surface area contributed by atoms with Crippen LogP contribution in [0.15, 0.2) is 24.3 Å². The minimum Gasteiger partial charge on any atom is -0.469 e. The summed E-state index contributed by atoms with van der Waals surface area (Å²) in [6.45, 7) is -0.438. The second-order valence-corrected chi connectivity index (χ2v) is 3.84. The summed E-state index contributed by atoms with van der Waals surface area (Å²) in [6, 6.07) is 5.32. The Kier molecular flexibility index (Phi) is 4.92. The van der Waals surface area contributed by atoms with Gasteiger partial charge >= 0.3 is 5.97 Å². The number of non-ortho nitro benzene ring substituents is 1. The second-order valence-electron chi connectivity index (χ2n) is 3.84. The first-order valence-electron chi connectivity index (χ1n) is 5.37. The normalized spacial score (nSPS) is 11.6. The summed E-state index contributed by atoms with van der Waals surface area (Å²) >= 11 is 0. The van der Waals surface area contributed by atoms with E-state index < -0.39 is 28.3 Å². The molecule has 1 aromatic rings. The molecular weight excluding hydrogens is 256 g/mol. The lowest BCUT2D eigenvalue weighted by Crippen LogP contribution is -2.17. The molecule has 0 saturated heterocycles. The Bertz CT molecular complexity index is 484. The van der Waals surface area contributed by atoms with Crippen LogP contribution < -0.4 is 0 Å². The number of esters is 1. The molecule has 0 unspecified atom stereocenters. The Hall–Kier alpha value is -2.51. The molecular formula is C11H12N2O6. The average molecular weight is 268 g/mol. The van der Waals surface area contributed by atoms with E-state index in [0.717, 1.165) is 0 Å². The van der Waals surface area contributed by atoms with Crippen LogP contribution in [0.25, 0.3) is 0 Å². The first kappa shape index (κ1) is 14.6. The smallest absolute Gasteiger partial charge is 0.306 e. The van der Waals surface area contributed by atoms with E-state index in [9.17, 15) is 25.0 Å². The van der Waals surface area contributed by atoms with Gasteiger partial charge in [0.05, 0.1) is 24.4 Å². The molecule has 1 atom stereocenters. The monoisotopic (exact) mass is 268 g/mol. The lowest BCUT2D eigenvalue weighted by atomic mass is 9.95. The highest BCUT2D eigenvalue weighted by Crippen LogP contribution is 2.23. The summed E-state index contributed by atoms with van der Waals surface area (Å²) in [5, 5.41) is 21.1. The molecule has 0 aromatic heterocycles. The van der Waals surface area contributed by atoms with Gasteiger partial charge in [0.15, 0.2) is 0 Å². The molecule has 0 N–H and O–H groups in total. The maximum absolute atomic E-state index is 11.2. The van der Waals surface area contributed by atoms with E-state index in [1.54, 1.807) is 0 Å². The molecule has 0 bridgehead atoms. The minimum absolute atomic E-state index is 0.110. The molecule has 0 fully saturated rings. The number of nitro benzene ring substituents is 1. The van der Waals surface area contributed by atoms with Gasteiger partial charge in [-0.25, -0.2) is 0 Å². The van der Waals surface area contributed by atoms with Crippen LogP contribution in [0.2, 0.25) is 0 Å². The van der Waals surface area contributed by atoms with Gasteiger partial charge in [0.25, 0.3) is 5.69 Å². The Morgan fingerprint density at radius 1 is 1.26 bits per heavy atom. The van der Waals surface area contributed by atoms with Gasteiger partial charge < -0.3 is 4.74 Å². The maximum atomic E-state index is 11.2. The number of nitro groups is 2. The Morgan fingerprint density at radius 2 is 1.84 bits per heavy atom. The number of hydrogen-bond acceptors (Lipinski definition) is 6. The number of benzene rings is 1. The van der Waals surface area contributed by atoms with Crippen molar-refractivity contribution >= 4 is 11.7 Å². The van der Waals surface area contributed by atoms with Gasteiger partial charge in [0.2, 0.25) is 6.54 Å². The fourth-order valence-electron chi connectivity index (χ4n) is 1.62. The fraction of sp³-hybridized carbons (Fsp3) is 0.364. The second kappa shape index (κ2) is 6.43. The van der Waals surface area contributed by atoms with Gasteiger partial charge in [-0.3, -0.25) is 25.0 Å². The van der Waals surface area contributed by atoms with Crippen LogP contribution in [0.4, 0.5) is 5.69 Å². The van der Waals surface area contributed by atoms with Crippen molar-refractivity contribution in [3.8, 4) is 0 Å². The van der Waals surface area contributed by atoms with Crippen LogP contribution >= 0.6 is 0 Å². The summed E-state index contributed by atoms with van der Waals surface area (Å²) in [7, 11) is 1.20. The van der Waals surface area contributed by atoms with Gasteiger partial charge in [-0.05, 0) is 5.56 Å². The molecule has 0 amide bonds. The van der Waals surface area contributed by atoms with Gasteiger partial charge in [-0.15, -0.1) is 0 Å². The topological polar surface area (TPSA) is 113 Å². The number of hydrogen-bond donors (Lipinski definition) is 0. The van der Waals surface area contributed by atoms with Crippen molar-refractivity contribution in [2.24, 2.45) is 0 Å². The predicted molar refractivity (Wildman–Crippen MR) is 64.3 cm³/mol. The average Bonchev–Trinajstić information content (AvgIpc) is 2.37. The molecule has 1 rings (SSSR count). The number of ether oxygens (including phenoxy) is 1. The largest absolute Gasteiger partial charge is 0.469 e. The van der Waals surface area contributed by atoms with E-state index in [2.05, 4.69) is 4.74 Å². The van der Waals surface area contributed by atoms with Crippen molar-refractivity contribution in [1.29, 1.82) is 0 Å². The first-order valence-corrected chi connectivity index (χ1v) is 5.37. The van der Waals surface area contributed by atoms with Crippen LogP contribution in [-0.4, -0.2) is 29.5 Å². The fourth-order valence-corrected chi connectivity index (χ4v) is 1.62. The SMILES string of the molecule is COC(=O)C[C@H](C[N+](=O)[O-])c1ccc([N+](=O)[O-])cc1. The summed E-state index contributed by atoms with van der Waals surface area (Å²) in [5.41, 5.74) is 0.384. The molecule has 19 heavy (non-hydrogen) atoms. The number of nitrogens with zero attached hydrogens (tertiary/aromatic N) is 2. The minimum atomic E-state index is -0.664. The number of carbonyl (C=O) groups is 1. The van der Waals surface area contributed by atoms with Crippen molar-refractivity contribution in [3.05, 3.63) is 50.1 Å². The summed E-state index contributed by atoms with van der Waals surface area (Å²) in [4.78, 5) is 31.2. The van der Waals surface area contributed by atoms with E-state index in [-0.39, 0.29) is 12.1 Å². The lowest BCUT2D eigenvalue weighted by Gasteiger charge is -2.11. The van der Waals surface area contributed by atoms with Crippen molar-refractivity contribution in [1.82, 2.24) is 0 Å². The highest BCUT2D eigenvalue weighted by atomic mass is 16.6. The third-order valence-electron chi connectivity index (χ3n) is 2.59. The molecule has 0 aliphatic rings. The molecule has 0 heterocycles. The van der Waals surface area contributed by atoms with Gasteiger partial charge in [-0.2, -0.15) is 0 Å². The van der Waals surface area contributed by atoms with Crippen molar-refractivity contribution in [2.45, 2.75) is 12.3 Å². The van der Waals surface area contributed by atoms with E-state index in [1.807, 2.05) is 0 Å². The van der Waals surface area contributed by atoms with Crippen LogP contribution in [0.1, 0.15) is 17.9 Å². The molecule has 0 spiro atoms. The maximum Gasteiger partial charge on any atom is 0.306 e. The molecule has 8 heteroatoms. The van der Waals surface area contributed by atoms with E-state index in [0.29, 0.717) is 5.56 Å². The molecule has 102 valence electrons. The quantitative estimate of drug-likeness (QED) is 0.439. The summed E-state index contributed by atoms with van der Waals surface area (Å²) < 4.78 is 4.48. The third kappa shape index (κ3) is 4.34. The predicted octanol–water partition coefficient (Wildman–Crippen LogP) is 1.52. The zero-order chi connectivity index (χ0) is 14.4. The number of methoxy groups -OCH3 is 1. The Labute approximate surface area is 108 Å². The third-order valence-corrected chi connectivity index (χ3v) is 2.59. The molecule has 0 aliphatic carbocycles. The van der Waals surface area contributed by atoms with Crippen LogP contribution in [-0.2, 0) is 9.53 Å². The van der Waals surface area contributed by atoms with Crippen LogP contribution in [0.3, 0.4) is 0 Å². The summed E-state index contributed by atoms with van der Waals surface area (Å²) in [6.07, 6.45) is -0.144. The van der Waals surface area contributed by atoms with Gasteiger partial charge in [0, 0.05) is 17.1 Å². The summed E-state index contributed by atoms with van der Waals surface area (Å²) in [5.74, 6) is -1.23. The van der Waals surface area contributed by atoms with Crippen LogP contribution in [0.5, 0.6) is 0 Å².